The van der Waals surface area contributed by atoms with E-state index in [1.165, 1.54) is 0 Å². The summed E-state index contributed by atoms with van der Waals surface area (Å²) in [5.41, 5.74) is 3.17. The van der Waals surface area contributed by atoms with Gasteiger partial charge >= 0.3 is 0 Å². The van der Waals surface area contributed by atoms with Gasteiger partial charge in [0.05, 0.1) is 39.7 Å². The molecule has 0 radical (unpaired) electrons. The highest BCUT2D eigenvalue weighted by Gasteiger charge is 2.17. The lowest BCUT2D eigenvalue weighted by molar-refractivity contribution is -0.132. The lowest BCUT2D eigenvalue weighted by atomic mass is 10.1. The molecule has 9 heteroatoms. The monoisotopic (exact) mass is 496 g/mol. The van der Waals surface area contributed by atoms with E-state index in [4.69, 9.17) is 19.2 Å². The molecule has 1 saturated heterocycles. The molecular weight excluding hydrogens is 464 g/mol. The minimum atomic E-state index is 0.126. The average molecular weight is 497 g/mol. The number of hydrogen-bond donors (Lipinski definition) is 1. The first-order valence-corrected chi connectivity index (χ1v) is 12.5. The molecule has 4 rings (SSSR count). The summed E-state index contributed by atoms with van der Waals surface area (Å²) in [6.07, 6.45) is 0. The number of carbonyl (C=O) groups excluding carboxylic acids is 1. The summed E-state index contributed by atoms with van der Waals surface area (Å²) < 4.78 is 16.7. The second-order valence-corrected chi connectivity index (χ2v) is 9.13. The number of thiazole rings is 1. The van der Waals surface area contributed by atoms with Crippen LogP contribution in [0.25, 0.3) is 0 Å². The first-order chi connectivity index (χ1) is 17.1. The largest absolute Gasteiger partial charge is 0.497 e. The number of hydrogen-bond acceptors (Lipinski definition) is 8. The Kier molecular flexibility index (Phi) is 8.94. The Labute approximate surface area is 210 Å². The van der Waals surface area contributed by atoms with Crippen molar-refractivity contribution >= 4 is 22.4 Å². The summed E-state index contributed by atoms with van der Waals surface area (Å²) in [6.45, 7) is 4.87. The Hall–Kier alpha value is -3.14. The first kappa shape index (κ1) is 25.0. The number of piperazine rings is 1. The third-order valence-electron chi connectivity index (χ3n) is 5.77. The minimum Gasteiger partial charge on any atom is -0.497 e. The molecule has 35 heavy (non-hydrogen) atoms. The van der Waals surface area contributed by atoms with Crippen molar-refractivity contribution in [2.24, 2.45) is 0 Å². The maximum absolute atomic E-state index is 11.9. The maximum atomic E-state index is 11.9. The van der Waals surface area contributed by atoms with E-state index in [9.17, 15) is 4.79 Å². The molecule has 1 amide bonds. The van der Waals surface area contributed by atoms with Gasteiger partial charge in [-0.05, 0) is 35.4 Å². The molecular formula is C26H32N4O4S. The smallest absolute Gasteiger partial charge is 0.236 e. The van der Waals surface area contributed by atoms with Crippen LogP contribution in [0.1, 0.15) is 16.8 Å². The van der Waals surface area contributed by atoms with Crippen LogP contribution in [0.3, 0.4) is 0 Å². The summed E-state index contributed by atoms with van der Waals surface area (Å²) in [5, 5.41) is 6.04. The van der Waals surface area contributed by atoms with E-state index >= 15 is 0 Å². The van der Waals surface area contributed by atoms with Crippen molar-refractivity contribution in [1.29, 1.82) is 0 Å². The molecule has 0 saturated carbocycles. The van der Waals surface area contributed by atoms with Crippen LogP contribution < -0.4 is 19.7 Å². The molecule has 1 fully saturated rings. The molecule has 186 valence electrons. The lowest BCUT2D eigenvalue weighted by Crippen LogP contribution is -2.49. The fourth-order valence-electron chi connectivity index (χ4n) is 3.92. The number of benzene rings is 2. The maximum Gasteiger partial charge on any atom is 0.236 e. The Morgan fingerprint density at radius 2 is 1.74 bits per heavy atom. The summed E-state index contributed by atoms with van der Waals surface area (Å²) >= 11 is 1.60. The van der Waals surface area contributed by atoms with E-state index in [1.807, 2.05) is 46.7 Å². The molecule has 1 aliphatic rings. The van der Waals surface area contributed by atoms with Gasteiger partial charge in [0.1, 0.15) is 11.5 Å². The summed E-state index contributed by atoms with van der Waals surface area (Å²) in [7, 11) is 3.36. The van der Waals surface area contributed by atoms with Crippen LogP contribution in [0, 0.1) is 0 Å². The third kappa shape index (κ3) is 7.17. The van der Waals surface area contributed by atoms with Gasteiger partial charge in [0.25, 0.3) is 0 Å². The molecule has 0 spiro atoms. The number of nitrogens with zero attached hydrogens (tertiary/aromatic N) is 3. The van der Waals surface area contributed by atoms with Crippen molar-refractivity contribution in [3.05, 3.63) is 70.7 Å². The topological polar surface area (TPSA) is 76.2 Å². The van der Waals surface area contributed by atoms with Gasteiger partial charge in [-0.2, -0.15) is 0 Å². The van der Waals surface area contributed by atoms with Gasteiger partial charge in [-0.25, -0.2) is 4.98 Å². The van der Waals surface area contributed by atoms with Crippen molar-refractivity contribution in [3.63, 3.8) is 0 Å². The zero-order chi connectivity index (χ0) is 24.5. The van der Waals surface area contributed by atoms with Gasteiger partial charge in [-0.1, -0.05) is 24.3 Å². The van der Waals surface area contributed by atoms with Crippen LogP contribution in [-0.2, 0) is 29.2 Å². The Morgan fingerprint density at radius 1 is 1.06 bits per heavy atom. The Balaban J connectivity index is 1.41. The number of rotatable bonds is 12. The summed E-state index contributed by atoms with van der Waals surface area (Å²) in [6, 6.07) is 16.2. The van der Waals surface area contributed by atoms with Crippen LogP contribution in [0.2, 0.25) is 0 Å². The van der Waals surface area contributed by atoms with Crippen molar-refractivity contribution in [2.75, 3.05) is 51.9 Å². The third-order valence-corrected chi connectivity index (χ3v) is 6.72. The highest BCUT2D eigenvalue weighted by Crippen LogP contribution is 2.27. The van der Waals surface area contributed by atoms with E-state index < -0.39 is 0 Å². The Morgan fingerprint density at radius 3 is 2.37 bits per heavy atom. The van der Waals surface area contributed by atoms with E-state index in [-0.39, 0.29) is 5.91 Å². The van der Waals surface area contributed by atoms with E-state index in [0.717, 1.165) is 46.5 Å². The van der Waals surface area contributed by atoms with Crippen molar-refractivity contribution in [3.8, 4) is 11.5 Å². The molecule has 3 aromatic rings. The standard InChI is InChI=1S/C26H32N4O4S/c1-32-23-7-3-5-20(13-23)16-30(17-21-6-4-8-24(14-21)33-2)26-28-22(19-35-26)18-34-12-11-29-10-9-27-15-25(29)31/h3-8,13-14,19,27H,9-12,15-18H2,1-2H3. The number of ether oxygens (including phenoxy) is 3. The van der Waals surface area contributed by atoms with Gasteiger partial charge in [0.2, 0.25) is 5.91 Å². The number of aromatic nitrogens is 1. The second-order valence-electron chi connectivity index (χ2n) is 8.29. The lowest BCUT2D eigenvalue weighted by Gasteiger charge is -2.27. The summed E-state index contributed by atoms with van der Waals surface area (Å²) in [5.74, 6) is 1.79. The molecule has 2 aromatic carbocycles. The molecule has 2 heterocycles. The first-order valence-electron chi connectivity index (χ1n) is 11.7. The number of nitrogens with one attached hydrogen (secondary N) is 1. The minimum absolute atomic E-state index is 0.126. The highest BCUT2D eigenvalue weighted by atomic mass is 32.1. The highest BCUT2D eigenvalue weighted by molar-refractivity contribution is 7.13. The number of methoxy groups -OCH3 is 2. The van der Waals surface area contributed by atoms with Gasteiger partial charge in [-0.3, -0.25) is 4.79 Å². The number of amides is 1. The van der Waals surface area contributed by atoms with Crippen molar-refractivity contribution in [1.82, 2.24) is 15.2 Å². The van der Waals surface area contributed by atoms with E-state index in [1.54, 1.807) is 25.6 Å². The van der Waals surface area contributed by atoms with Crippen LogP contribution in [-0.4, -0.2) is 62.8 Å². The predicted octanol–water partition coefficient (Wildman–Crippen LogP) is 3.32. The zero-order valence-electron chi connectivity index (χ0n) is 20.2. The quantitative estimate of drug-likeness (QED) is 0.386. The summed E-state index contributed by atoms with van der Waals surface area (Å²) in [4.78, 5) is 20.8. The number of anilines is 1. The van der Waals surface area contributed by atoms with Crippen molar-refractivity contribution in [2.45, 2.75) is 19.7 Å². The van der Waals surface area contributed by atoms with Crippen LogP contribution in [0.5, 0.6) is 11.5 Å². The molecule has 1 aromatic heterocycles. The van der Waals surface area contributed by atoms with Crippen LogP contribution in [0.15, 0.2) is 53.9 Å². The average Bonchev–Trinajstić information content (AvgIpc) is 3.36. The molecule has 0 atom stereocenters. The van der Waals surface area contributed by atoms with E-state index in [0.29, 0.717) is 39.4 Å². The fraction of sp³-hybridized carbons (Fsp3) is 0.385. The van der Waals surface area contributed by atoms with Crippen molar-refractivity contribution < 1.29 is 19.0 Å². The second kappa shape index (κ2) is 12.5. The van der Waals surface area contributed by atoms with Crippen LogP contribution >= 0.6 is 11.3 Å². The van der Waals surface area contributed by atoms with Gasteiger partial charge in [0, 0.05) is 38.1 Å². The van der Waals surface area contributed by atoms with Gasteiger partial charge in [-0.15, -0.1) is 11.3 Å². The van der Waals surface area contributed by atoms with Gasteiger partial charge in [0.15, 0.2) is 5.13 Å². The molecule has 0 unspecified atom stereocenters. The molecule has 8 nitrogen and oxygen atoms in total. The van der Waals surface area contributed by atoms with E-state index in [2.05, 4.69) is 22.3 Å². The Bertz CT molecular complexity index is 1060. The molecule has 1 N–H and O–H groups in total. The molecule has 0 aliphatic carbocycles. The predicted molar refractivity (Wildman–Crippen MR) is 137 cm³/mol. The van der Waals surface area contributed by atoms with Gasteiger partial charge < -0.3 is 29.3 Å². The molecule has 0 bridgehead atoms. The SMILES string of the molecule is COc1cccc(CN(Cc2cccc(OC)c2)c2nc(COCCN3CCNCC3=O)cs2)c1. The van der Waals surface area contributed by atoms with Crippen LogP contribution in [0.4, 0.5) is 5.13 Å². The normalized spacial score (nSPS) is 13.7. The molecule has 1 aliphatic heterocycles. The number of carbonyl (C=O) groups is 1. The fourth-order valence-corrected chi connectivity index (χ4v) is 4.73. The zero-order valence-corrected chi connectivity index (χ0v) is 21.1.